The minimum Gasteiger partial charge on any atom is -0.493 e. The number of carbonyl (C=O) groups excluding carboxylic acids is 1. The highest BCUT2D eigenvalue weighted by Gasteiger charge is 2.38. The lowest BCUT2D eigenvalue weighted by Gasteiger charge is -2.35. The van der Waals surface area contributed by atoms with E-state index in [9.17, 15) is 18.0 Å². The number of piperazine rings is 1. The summed E-state index contributed by atoms with van der Waals surface area (Å²) in [6.45, 7) is 1.88. The van der Waals surface area contributed by atoms with Crippen LogP contribution in [0.2, 0.25) is 0 Å². The highest BCUT2D eigenvalue weighted by Crippen LogP contribution is 2.40. The topological polar surface area (TPSA) is 115 Å². The molecule has 11 nitrogen and oxygen atoms in total. The molecule has 3 aromatic rings. The van der Waals surface area contributed by atoms with Gasteiger partial charge in [0.05, 0.1) is 27.0 Å². The monoisotopic (exact) mass is 508 g/mol. The number of benzene rings is 1. The zero-order valence-electron chi connectivity index (χ0n) is 19.6. The first-order valence-corrected chi connectivity index (χ1v) is 10.7. The van der Waals surface area contributed by atoms with Crippen molar-refractivity contribution in [2.75, 3.05) is 57.7 Å². The van der Waals surface area contributed by atoms with Crippen LogP contribution in [0.1, 0.15) is 5.89 Å². The summed E-state index contributed by atoms with van der Waals surface area (Å²) in [7, 11) is 4.48. The number of ether oxygens (including phenoxy) is 3. The zero-order chi connectivity index (χ0) is 25.9. The fourth-order valence-electron chi connectivity index (χ4n) is 3.66. The Kier molecular flexibility index (Phi) is 7.03. The summed E-state index contributed by atoms with van der Waals surface area (Å²) >= 11 is 0. The van der Waals surface area contributed by atoms with Gasteiger partial charge in [-0.15, -0.1) is 0 Å². The van der Waals surface area contributed by atoms with Crippen LogP contribution in [0.3, 0.4) is 0 Å². The zero-order valence-corrected chi connectivity index (χ0v) is 19.6. The average molecular weight is 508 g/mol. The number of rotatable bonds is 6. The molecule has 1 fully saturated rings. The molecule has 2 aromatic heterocycles. The number of methoxy groups -OCH3 is 3. The highest BCUT2D eigenvalue weighted by atomic mass is 19.4. The van der Waals surface area contributed by atoms with E-state index in [4.69, 9.17) is 14.2 Å². The van der Waals surface area contributed by atoms with Crippen LogP contribution in [0.4, 0.5) is 29.5 Å². The van der Waals surface area contributed by atoms with Crippen molar-refractivity contribution < 1.29 is 36.7 Å². The van der Waals surface area contributed by atoms with E-state index in [0.29, 0.717) is 60.5 Å². The van der Waals surface area contributed by atoms with Gasteiger partial charge < -0.3 is 33.9 Å². The molecule has 3 heterocycles. The summed E-state index contributed by atoms with van der Waals surface area (Å²) in [5.74, 6) is 0.259. The Hall–Kier alpha value is -4.23. The van der Waals surface area contributed by atoms with E-state index < -0.39 is 12.1 Å². The standard InChI is InChI=1S/C22H23F3N6O5/c1-33-15-10-14(11-16(34-2)18(15)35-3)27-21(32)31-8-6-30(7-9-31)17-5-4-13(12-26-17)19-28-20(36-29-19)22(23,24)25/h4-5,10-12H,6-9H2,1-3H3,(H,27,32). The van der Waals surface area contributed by atoms with Crippen LogP contribution in [0, 0.1) is 0 Å². The summed E-state index contributed by atoms with van der Waals surface area (Å²) in [5, 5.41) is 6.20. The van der Waals surface area contributed by atoms with Crippen molar-refractivity contribution >= 4 is 17.5 Å². The van der Waals surface area contributed by atoms with Gasteiger partial charge >= 0.3 is 18.1 Å². The Labute approximate surface area is 203 Å². The molecule has 0 atom stereocenters. The molecule has 0 bridgehead atoms. The number of halogens is 3. The van der Waals surface area contributed by atoms with Gasteiger partial charge in [0.25, 0.3) is 0 Å². The lowest BCUT2D eigenvalue weighted by atomic mass is 10.2. The average Bonchev–Trinajstić information content (AvgIpc) is 3.39. The molecule has 4 rings (SSSR count). The van der Waals surface area contributed by atoms with Gasteiger partial charge in [0, 0.05) is 50.1 Å². The maximum Gasteiger partial charge on any atom is 0.471 e. The van der Waals surface area contributed by atoms with Gasteiger partial charge in [-0.25, -0.2) is 9.78 Å². The Morgan fingerprint density at radius 2 is 1.69 bits per heavy atom. The van der Waals surface area contributed by atoms with Crippen molar-refractivity contribution in [1.29, 1.82) is 0 Å². The predicted molar refractivity (Wildman–Crippen MR) is 121 cm³/mol. The van der Waals surface area contributed by atoms with Gasteiger partial charge in [-0.1, -0.05) is 5.16 Å². The second-order valence-electron chi connectivity index (χ2n) is 7.64. The van der Waals surface area contributed by atoms with Crippen molar-refractivity contribution in [3.8, 4) is 28.6 Å². The molecule has 0 unspecified atom stereocenters. The number of aromatic nitrogens is 3. The second kappa shape index (κ2) is 10.2. The Morgan fingerprint density at radius 1 is 1.03 bits per heavy atom. The smallest absolute Gasteiger partial charge is 0.471 e. The Morgan fingerprint density at radius 3 is 2.19 bits per heavy atom. The lowest BCUT2D eigenvalue weighted by molar-refractivity contribution is -0.159. The fourth-order valence-corrected chi connectivity index (χ4v) is 3.66. The van der Waals surface area contributed by atoms with Crippen LogP contribution < -0.4 is 24.4 Å². The number of anilines is 2. The molecule has 1 aliphatic heterocycles. The molecule has 0 radical (unpaired) electrons. The number of hydrogen-bond donors (Lipinski definition) is 1. The first kappa shape index (κ1) is 24.9. The van der Waals surface area contributed by atoms with Gasteiger partial charge in [0.2, 0.25) is 11.6 Å². The number of pyridine rings is 1. The summed E-state index contributed by atoms with van der Waals surface area (Å²) in [5.41, 5.74) is 0.783. The molecule has 1 saturated heterocycles. The van der Waals surface area contributed by atoms with E-state index in [-0.39, 0.29) is 11.9 Å². The normalized spacial score (nSPS) is 13.9. The molecule has 1 N–H and O–H groups in total. The van der Waals surface area contributed by atoms with Crippen LogP contribution in [-0.4, -0.2) is 73.6 Å². The molecule has 0 saturated carbocycles. The summed E-state index contributed by atoms with van der Waals surface area (Å²) in [6, 6.07) is 6.22. The first-order valence-electron chi connectivity index (χ1n) is 10.7. The third-order valence-electron chi connectivity index (χ3n) is 5.48. The van der Waals surface area contributed by atoms with Crippen LogP contribution in [-0.2, 0) is 6.18 Å². The number of alkyl halides is 3. The van der Waals surface area contributed by atoms with E-state index in [1.807, 2.05) is 4.90 Å². The molecule has 14 heteroatoms. The summed E-state index contributed by atoms with van der Waals surface area (Å²) in [6.07, 6.45) is -3.33. The molecule has 1 aliphatic rings. The van der Waals surface area contributed by atoms with Crippen LogP contribution >= 0.6 is 0 Å². The minimum absolute atomic E-state index is 0.199. The third-order valence-corrected chi connectivity index (χ3v) is 5.48. The van der Waals surface area contributed by atoms with E-state index in [0.717, 1.165) is 0 Å². The largest absolute Gasteiger partial charge is 0.493 e. The van der Waals surface area contributed by atoms with E-state index in [1.54, 1.807) is 29.2 Å². The highest BCUT2D eigenvalue weighted by molar-refractivity contribution is 5.90. The predicted octanol–water partition coefficient (Wildman–Crippen LogP) is 3.53. The van der Waals surface area contributed by atoms with Crippen molar-refractivity contribution in [1.82, 2.24) is 20.0 Å². The van der Waals surface area contributed by atoms with Crippen molar-refractivity contribution in [3.63, 3.8) is 0 Å². The van der Waals surface area contributed by atoms with Crippen molar-refractivity contribution in [2.45, 2.75) is 6.18 Å². The third kappa shape index (κ3) is 5.21. The van der Waals surface area contributed by atoms with Gasteiger partial charge in [-0.3, -0.25) is 0 Å². The van der Waals surface area contributed by atoms with Gasteiger partial charge in [0.1, 0.15) is 5.82 Å². The molecular weight excluding hydrogens is 485 g/mol. The van der Waals surface area contributed by atoms with E-state index >= 15 is 0 Å². The maximum atomic E-state index is 12.8. The summed E-state index contributed by atoms with van der Waals surface area (Å²) in [4.78, 5) is 24.1. The van der Waals surface area contributed by atoms with Crippen LogP contribution in [0.25, 0.3) is 11.4 Å². The van der Waals surface area contributed by atoms with Crippen molar-refractivity contribution in [3.05, 3.63) is 36.4 Å². The Bertz CT molecular complexity index is 1180. The molecule has 192 valence electrons. The molecule has 0 spiro atoms. The van der Waals surface area contributed by atoms with Crippen LogP contribution in [0.5, 0.6) is 17.2 Å². The maximum absolute atomic E-state index is 12.8. The van der Waals surface area contributed by atoms with E-state index in [1.165, 1.54) is 27.5 Å². The number of nitrogens with zero attached hydrogens (tertiary/aromatic N) is 5. The van der Waals surface area contributed by atoms with E-state index in [2.05, 4.69) is 25.0 Å². The lowest BCUT2D eigenvalue weighted by Crippen LogP contribution is -2.50. The minimum atomic E-state index is -4.71. The number of hydrogen-bond acceptors (Lipinski definition) is 9. The first-order chi connectivity index (χ1) is 17.2. The molecule has 36 heavy (non-hydrogen) atoms. The number of carbonyl (C=O) groups is 1. The van der Waals surface area contributed by atoms with Gasteiger partial charge in [0.15, 0.2) is 11.5 Å². The number of urea groups is 1. The Balaban J connectivity index is 1.36. The SMILES string of the molecule is COc1cc(NC(=O)N2CCN(c3ccc(-c4noc(C(F)(F)F)n4)cn3)CC2)cc(OC)c1OC. The molecule has 2 amide bonds. The van der Waals surface area contributed by atoms with Gasteiger partial charge in [-0.2, -0.15) is 18.2 Å². The number of nitrogens with one attached hydrogen (secondary N) is 1. The molecule has 1 aromatic carbocycles. The quantitative estimate of drug-likeness (QED) is 0.534. The fraction of sp³-hybridized carbons (Fsp3) is 0.364. The molecular formula is C22H23F3N6O5. The second-order valence-corrected chi connectivity index (χ2v) is 7.64. The summed E-state index contributed by atoms with van der Waals surface area (Å²) < 4.78 is 58.2. The molecule has 0 aliphatic carbocycles. The van der Waals surface area contributed by atoms with Gasteiger partial charge in [-0.05, 0) is 12.1 Å². The van der Waals surface area contributed by atoms with Crippen molar-refractivity contribution in [2.24, 2.45) is 0 Å². The number of amides is 2. The van der Waals surface area contributed by atoms with Crippen LogP contribution in [0.15, 0.2) is 35.0 Å².